The fourth-order valence-electron chi connectivity index (χ4n) is 0.0704. The van der Waals surface area contributed by atoms with Crippen LogP contribution in [0.15, 0.2) is 0 Å². The van der Waals surface area contributed by atoms with E-state index in [9.17, 15) is 4.79 Å². The zero-order valence-electron chi connectivity index (χ0n) is 3.68. The first-order valence-corrected chi connectivity index (χ1v) is 1.94. The van der Waals surface area contributed by atoms with Crippen LogP contribution in [0.25, 0.3) is 5.53 Å². The molecule has 0 amide bonds. The summed E-state index contributed by atoms with van der Waals surface area (Å²) in [7, 11) is 0. The first kappa shape index (κ1) is 6.34. The maximum absolute atomic E-state index is 9.95. The molecule has 0 rings (SSSR count). The number of hydrogen-bond acceptors (Lipinski definition) is 1. The maximum atomic E-state index is 9.95. The molecular weight excluding hydrogens is 115 g/mol. The van der Waals surface area contributed by atoms with Crippen molar-refractivity contribution in [2.24, 2.45) is 0 Å². The van der Waals surface area contributed by atoms with Gasteiger partial charge in [0.15, 0.2) is 0 Å². The molecule has 4 heteroatoms. The van der Waals surface area contributed by atoms with Crippen LogP contribution in [0.4, 0.5) is 0 Å². The molecule has 0 aliphatic carbocycles. The van der Waals surface area contributed by atoms with E-state index in [2.05, 4.69) is 4.79 Å². The summed E-state index contributed by atoms with van der Waals surface area (Å²) >= 11 is 4.95. The van der Waals surface area contributed by atoms with E-state index >= 15 is 0 Å². The molecule has 0 bridgehead atoms. The topological polar surface area (TPSA) is 53.5 Å². The lowest BCUT2D eigenvalue weighted by molar-refractivity contribution is -0.114. The molecule has 0 saturated carbocycles. The van der Waals surface area contributed by atoms with E-state index in [1.54, 1.807) is 0 Å². The molecule has 38 valence electrons. The largest absolute Gasteiger partial charge is 0.426 e. The number of ketones is 1. The van der Waals surface area contributed by atoms with Crippen LogP contribution in [0.5, 0.6) is 0 Å². The molecule has 7 heavy (non-hydrogen) atoms. The number of carbonyl (C=O) groups excluding carboxylic acids is 1. The van der Waals surface area contributed by atoms with Gasteiger partial charge >= 0.3 is 5.17 Å². The summed E-state index contributed by atoms with van der Waals surface area (Å²) in [5, 5.41) is -0.389. The van der Waals surface area contributed by atoms with Gasteiger partial charge in [-0.3, -0.25) is 4.79 Å². The third-order valence-corrected chi connectivity index (χ3v) is 0.720. The van der Waals surface area contributed by atoms with Gasteiger partial charge in [0.25, 0.3) is 5.78 Å². The Balaban J connectivity index is 4.10. The van der Waals surface area contributed by atoms with E-state index in [0.717, 1.165) is 0 Å². The van der Waals surface area contributed by atoms with Gasteiger partial charge in [0.2, 0.25) is 0 Å². The van der Waals surface area contributed by atoms with Crippen LogP contribution < -0.4 is 0 Å². The Morgan fingerprint density at radius 1 is 1.86 bits per heavy atom. The molecule has 0 atom stereocenters. The second kappa shape index (κ2) is 2.50. The van der Waals surface area contributed by atoms with Crippen molar-refractivity contribution in [2.75, 3.05) is 0 Å². The number of Topliss-reactive ketones (excluding diaryl/α,β-unsaturated/α-hetero) is 1. The van der Waals surface area contributed by atoms with Gasteiger partial charge in [-0.1, -0.05) is 0 Å². The molecule has 0 radical (unpaired) electrons. The predicted octanol–water partition coefficient (Wildman–Crippen LogP) is 0.443. The molecule has 0 fully saturated rings. The molecule has 0 aromatic heterocycles. The van der Waals surface area contributed by atoms with Crippen molar-refractivity contribution >= 4 is 22.6 Å². The van der Waals surface area contributed by atoms with Crippen LogP contribution in [0.1, 0.15) is 6.92 Å². The van der Waals surface area contributed by atoms with Crippen LogP contribution in [-0.2, 0) is 4.79 Å². The summed E-state index contributed by atoms with van der Waals surface area (Å²) in [6.45, 7) is 1.21. The molecule has 0 aromatic carbocycles. The van der Waals surface area contributed by atoms with E-state index in [4.69, 9.17) is 17.1 Å². The van der Waals surface area contributed by atoms with Crippen LogP contribution in [0.2, 0.25) is 0 Å². The number of nitrogens with zero attached hydrogens (tertiary/aromatic N) is 2. The summed E-state index contributed by atoms with van der Waals surface area (Å²) in [6, 6.07) is 0. The van der Waals surface area contributed by atoms with Crippen molar-refractivity contribution in [3.8, 4) is 0 Å². The van der Waals surface area contributed by atoms with Crippen LogP contribution >= 0.6 is 11.6 Å². The lowest BCUT2D eigenvalue weighted by Crippen LogP contribution is -2.00. The summed E-state index contributed by atoms with van der Waals surface area (Å²) in [5.41, 5.74) is 7.74. The Morgan fingerprint density at radius 2 is 2.29 bits per heavy atom. The number of halogens is 1. The van der Waals surface area contributed by atoms with Crippen LogP contribution in [-0.4, -0.2) is 15.7 Å². The molecule has 0 saturated heterocycles. The second-order valence-electron chi connectivity index (χ2n) is 0.947. The van der Waals surface area contributed by atoms with E-state index in [1.807, 2.05) is 0 Å². The summed E-state index contributed by atoms with van der Waals surface area (Å²) in [4.78, 5) is 12.4. The highest BCUT2D eigenvalue weighted by atomic mass is 35.5. The highest BCUT2D eigenvalue weighted by molar-refractivity contribution is 6.81. The minimum absolute atomic E-state index is 0.389. The maximum Gasteiger partial charge on any atom is 0.426 e. The lowest BCUT2D eigenvalue weighted by atomic mass is 10.5. The van der Waals surface area contributed by atoms with Gasteiger partial charge in [0.1, 0.15) is 0 Å². The minimum atomic E-state index is -0.441. The summed E-state index contributed by atoms with van der Waals surface area (Å²) in [6.07, 6.45) is 0. The minimum Gasteiger partial charge on any atom is -0.359 e. The third-order valence-electron chi connectivity index (χ3n) is 0.378. The van der Waals surface area contributed by atoms with Gasteiger partial charge in [0.05, 0.1) is 0 Å². The Bertz CT molecular complexity index is 136. The Hall–Kier alpha value is -0.660. The van der Waals surface area contributed by atoms with Gasteiger partial charge in [-0.25, -0.2) is 0 Å². The van der Waals surface area contributed by atoms with Crippen LogP contribution in [0, 0.1) is 0 Å². The molecule has 0 spiro atoms. The quantitative estimate of drug-likeness (QED) is 0.280. The molecular formula is C3H3ClN2O. The fraction of sp³-hybridized carbons (Fsp3) is 0.333. The number of carbonyl (C=O) groups is 1. The molecule has 0 aliphatic rings. The molecule has 0 heterocycles. The first-order valence-electron chi connectivity index (χ1n) is 1.57. The van der Waals surface area contributed by atoms with Crippen molar-refractivity contribution in [1.82, 2.24) is 0 Å². The van der Waals surface area contributed by atoms with Crippen molar-refractivity contribution in [3.63, 3.8) is 0 Å². The molecule has 3 nitrogen and oxygen atoms in total. The Labute approximate surface area is 45.5 Å². The van der Waals surface area contributed by atoms with Gasteiger partial charge in [0, 0.05) is 18.5 Å². The lowest BCUT2D eigenvalue weighted by Gasteiger charge is -1.66. The van der Waals surface area contributed by atoms with Gasteiger partial charge in [-0.2, -0.15) is 0 Å². The van der Waals surface area contributed by atoms with E-state index < -0.39 is 5.78 Å². The second-order valence-corrected chi connectivity index (χ2v) is 1.31. The smallest absolute Gasteiger partial charge is 0.359 e. The van der Waals surface area contributed by atoms with E-state index in [1.165, 1.54) is 6.92 Å². The standard InChI is InChI=1S/C3H3ClN2O/c1-2(7)3(4)6-5/h1H3. The summed E-state index contributed by atoms with van der Waals surface area (Å²) < 4.78 is 0. The molecule has 0 aromatic rings. The Morgan fingerprint density at radius 3 is 2.29 bits per heavy atom. The zero-order chi connectivity index (χ0) is 5.86. The monoisotopic (exact) mass is 118 g/mol. The number of hydrogen-bond donors (Lipinski definition) is 0. The highest BCUT2D eigenvalue weighted by Crippen LogP contribution is 1.78. The normalized spacial score (nSPS) is 7.14. The van der Waals surface area contributed by atoms with Crippen molar-refractivity contribution in [2.45, 2.75) is 6.92 Å². The predicted molar refractivity (Wildman–Crippen MR) is 25.2 cm³/mol. The zero-order valence-corrected chi connectivity index (χ0v) is 4.44. The molecule has 0 aliphatic heterocycles. The molecule has 0 unspecified atom stereocenters. The highest BCUT2D eigenvalue weighted by Gasteiger charge is 2.07. The SMILES string of the molecule is CC(=O)C(Cl)=[N+]=[N-]. The van der Waals surface area contributed by atoms with E-state index in [-0.39, 0.29) is 5.17 Å². The van der Waals surface area contributed by atoms with Gasteiger partial charge in [-0.15, -0.1) is 4.79 Å². The van der Waals surface area contributed by atoms with Crippen LogP contribution in [0.3, 0.4) is 0 Å². The summed E-state index contributed by atoms with van der Waals surface area (Å²) in [5.74, 6) is -0.441. The third kappa shape index (κ3) is 2.09. The van der Waals surface area contributed by atoms with Crippen molar-refractivity contribution in [1.29, 1.82) is 0 Å². The van der Waals surface area contributed by atoms with Crippen molar-refractivity contribution < 1.29 is 9.58 Å². The van der Waals surface area contributed by atoms with Gasteiger partial charge < -0.3 is 5.53 Å². The van der Waals surface area contributed by atoms with Crippen molar-refractivity contribution in [3.05, 3.63) is 5.53 Å². The number of rotatable bonds is 1. The first-order chi connectivity index (χ1) is 3.18. The fourth-order valence-corrected chi connectivity index (χ4v) is 0.0704. The Kier molecular flexibility index (Phi) is 2.27. The van der Waals surface area contributed by atoms with Gasteiger partial charge in [-0.05, 0) is 0 Å². The average molecular weight is 119 g/mol. The molecule has 0 N–H and O–H groups in total. The average Bonchev–Trinajstić information content (AvgIpc) is 1.65. The van der Waals surface area contributed by atoms with E-state index in [0.29, 0.717) is 0 Å².